The number of benzene rings is 2. The van der Waals surface area contributed by atoms with Crippen molar-refractivity contribution in [2.45, 2.75) is 19.1 Å². The van der Waals surface area contributed by atoms with Crippen LogP contribution in [-0.4, -0.2) is 29.2 Å². The van der Waals surface area contributed by atoms with E-state index in [4.69, 9.17) is 4.74 Å². The average Bonchev–Trinajstić information content (AvgIpc) is 2.62. The molecular weight excluding hydrogens is 324 g/mol. The van der Waals surface area contributed by atoms with Gasteiger partial charge in [0.2, 0.25) is 0 Å². The van der Waals surface area contributed by atoms with Crippen molar-refractivity contribution in [2.75, 3.05) is 18.0 Å². The highest BCUT2D eigenvalue weighted by molar-refractivity contribution is 5.89. The molecule has 3 aromatic rings. The van der Waals surface area contributed by atoms with Crippen molar-refractivity contribution in [3.63, 3.8) is 0 Å². The fourth-order valence-corrected chi connectivity index (χ4v) is 3.27. The minimum absolute atomic E-state index is 0.0192. The molecule has 0 spiro atoms. The Kier molecular flexibility index (Phi) is 4.05. The Morgan fingerprint density at radius 1 is 1.04 bits per heavy atom. The Morgan fingerprint density at radius 2 is 1.80 bits per heavy atom. The number of nitrogens with zero attached hydrogens (tertiary/aromatic N) is 3. The van der Waals surface area contributed by atoms with Crippen molar-refractivity contribution in [3.8, 4) is 0 Å². The Morgan fingerprint density at radius 3 is 2.60 bits per heavy atom. The van der Waals surface area contributed by atoms with Gasteiger partial charge in [0.15, 0.2) is 11.6 Å². The van der Waals surface area contributed by atoms with E-state index in [1.54, 1.807) is 0 Å². The van der Waals surface area contributed by atoms with Gasteiger partial charge in [0.25, 0.3) is 0 Å². The first-order valence-corrected chi connectivity index (χ1v) is 8.17. The van der Waals surface area contributed by atoms with Gasteiger partial charge in [0, 0.05) is 24.5 Å². The van der Waals surface area contributed by atoms with Crippen molar-refractivity contribution < 1.29 is 13.5 Å². The minimum atomic E-state index is -0.908. The third-order valence-corrected chi connectivity index (χ3v) is 4.39. The zero-order chi connectivity index (χ0) is 17.4. The molecular formula is C19H17F2N3O. The van der Waals surface area contributed by atoms with Crippen molar-refractivity contribution in [3.05, 3.63) is 66.0 Å². The van der Waals surface area contributed by atoms with Crippen LogP contribution in [0.2, 0.25) is 0 Å². The second-order valence-corrected chi connectivity index (χ2v) is 6.23. The van der Waals surface area contributed by atoms with E-state index in [1.807, 2.05) is 42.2 Å². The molecule has 25 heavy (non-hydrogen) atoms. The van der Waals surface area contributed by atoms with E-state index in [0.29, 0.717) is 29.8 Å². The van der Waals surface area contributed by atoms with Gasteiger partial charge in [-0.25, -0.2) is 18.7 Å². The lowest BCUT2D eigenvalue weighted by Gasteiger charge is -2.38. The second-order valence-electron chi connectivity index (χ2n) is 6.23. The first-order chi connectivity index (χ1) is 12.1. The van der Waals surface area contributed by atoms with E-state index >= 15 is 0 Å². The van der Waals surface area contributed by atoms with Gasteiger partial charge >= 0.3 is 0 Å². The predicted molar refractivity (Wildman–Crippen MR) is 91.4 cm³/mol. The average molecular weight is 341 g/mol. The van der Waals surface area contributed by atoms with Gasteiger partial charge < -0.3 is 9.64 Å². The molecule has 0 saturated carbocycles. The third-order valence-electron chi connectivity index (χ3n) is 4.39. The molecule has 6 heteroatoms. The molecule has 0 aliphatic carbocycles. The molecule has 4 nitrogen and oxygen atoms in total. The van der Waals surface area contributed by atoms with E-state index in [9.17, 15) is 8.78 Å². The van der Waals surface area contributed by atoms with E-state index in [1.165, 1.54) is 6.33 Å². The van der Waals surface area contributed by atoms with Crippen LogP contribution >= 0.6 is 0 Å². The van der Waals surface area contributed by atoms with Gasteiger partial charge in [-0.15, -0.1) is 0 Å². The van der Waals surface area contributed by atoms with Crippen molar-refractivity contribution in [1.29, 1.82) is 0 Å². The number of rotatable bonds is 2. The minimum Gasteiger partial charge on any atom is -0.367 e. The summed E-state index contributed by atoms with van der Waals surface area (Å²) in [6.45, 7) is 3.19. The molecule has 0 bridgehead atoms. The summed E-state index contributed by atoms with van der Waals surface area (Å²) in [5.74, 6) is -1.21. The number of halogens is 2. The number of hydrogen-bond donors (Lipinski definition) is 0. The third kappa shape index (κ3) is 3.05. The van der Waals surface area contributed by atoms with Crippen LogP contribution in [0.4, 0.5) is 14.6 Å². The predicted octanol–water partition coefficient (Wildman–Crippen LogP) is 3.87. The SMILES string of the molecule is CC1CN(c2ncnc3cc(F)c(F)cc23)CC(c2ccccc2)O1. The zero-order valence-corrected chi connectivity index (χ0v) is 13.7. The summed E-state index contributed by atoms with van der Waals surface area (Å²) in [5.41, 5.74) is 1.47. The topological polar surface area (TPSA) is 38.2 Å². The van der Waals surface area contributed by atoms with Crippen LogP contribution in [-0.2, 0) is 4.74 Å². The van der Waals surface area contributed by atoms with Crippen LogP contribution in [0.3, 0.4) is 0 Å². The van der Waals surface area contributed by atoms with Gasteiger partial charge in [-0.3, -0.25) is 0 Å². The summed E-state index contributed by atoms with van der Waals surface area (Å²) >= 11 is 0. The van der Waals surface area contributed by atoms with Crippen LogP contribution in [0.1, 0.15) is 18.6 Å². The lowest BCUT2D eigenvalue weighted by atomic mass is 10.1. The quantitative estimate of drug-likeness (QED) is 0.709. The maximum atomic E-state index is 13.7. The maximum Gasteiger partial charge on any atom is 0.161 e. The van der Waals surface area contributed by atoms with Gasteiger partial charge in [0.1, 0.15) is 18.2 Å². The fourth-order valence-electron chi connectivity index (χ4n) is 3.27. The summed E-state index contributed by atoms with van der Waals surface area (Å²) in [5, 5.41) is 0.502. The summed E-state index contributed by atoms with van der Waals surface area (Å²) in [6.07, 6.45) is 1.25. The molecule has 2 unspecified atom stereocenters. The molecule has 1 saturated heterocycles. The Bertz CT molecular complexity index is 904. The lowest BCUT2D eigenvalue weighted by molar-refractivity contribution is -0.0175. The van der Waals surface area contributed by atoms with E-state index in [2.05, 4.69) is 9.97 Å². The van der Waals surface area contributed by atoms with E-state index in [0.717, 1.165) is 17.7 Å². The smallest absolute Gasteiger partial charge is 0.161 e. The second kappa shape index (κ2) is 6.37. The van der Waals surface area contributed by atoms with Crippen molar-refractivity contribution >= 4 is 16.7 Å². The van der Waals surface area contributed by atoms with Gasteiger partial charge in [-0.05, 0) is 18.6 Å². The zero-order valence-electron chi connectivity index (χ0n) is 13.7. The molecule has 0 amide bonds. The first-order valence-electron chi connectivity index (χ1n) is 8.17. The maximum absolute atomic E-state index is 13.7. The molecule has 0 radical (unpaired) electrons. The monoisotopic (exact) mass is 341 g/mol. The molecule has 4 rings (SSSR count). The molecule has 2 atom stereocenters. The molecule has 0 N–H and O–H groups in total. The summed E-state index contributed by atoms with van der Waals surface area (Å²) in [6, 6.07) is 12.2. The Hall–Kier alpha value is -2.60. The highest BCUT2D eigenvalue weighted by Crippen LogP contribution is 2.31. The number of ether oxygens (including phenoxy) is 1. The van der Waals surface area contributed by atoms with Crippen LogP contribution in [0, 0.1) is 11.6 Å². The Labute approximate surface area is 144 Å². The molecule has 1 aliphatic rings. The molecule has 2 heterocycles. The van der Waals surface area contributed by atoms with Crippen LogP contribution in [0.15, 0.2) is 48.8 Å². The summed E-state index contributed by atoms with van der Waals surface area (Å²) in [4.78, 5) is 10.4. The van der Waals surface area contributed by atoms with Crippen LogP contribution in [0.25, 0.3) is 10.9 Å². The fraction of sp³-hybridized carbons (Fsp3) is 0.263. The molecule has 2 aromatic carbocycles. The Balaban J connectivity index is 1.73. The van der Waals surface area contributed by atoms with Crippen molar-refractivity contribution in [2.24, 2.45) is 0 Å². The molecule has 1 fully saturated rings. The number of hydrogen-bond acceptors (Lipinski definition) is 4. The molecule has 1 aliphatic heterocycles. The number of aromatic nitrogens is 2. The highest BCUT2D eigenvalue weighted by atomic mass is 19.2. The first kappa shape index (κ1) is 15.9. The largest absolute Gasteiger partial charge is 0.367 e. The number of morpholine rings is 1. The number of anilines is 1. The van der Waals surface area contributed by atoms with Crippen LogP contribution < -0.4 is 4.90 Å². The van der Waals surface area contributed by atoms with Gasteiger partial charge in [-0.1, -0.05) is 30.3 Å². The van der Waals surface area contributed by atoms with E-state index < -0.39 is 11.6 Å². The van der Waals surface area contributed by atoms with Crippen LogP contribution in [0.5, 0.6) is 0 Å². The van der Waals surface area contributed by atoms with E-state index in [-0.39, 0.29) is 12.2 Å². The molecule has 128 valence electrons. The highest BCUT2D eigenvalue weighted by Gasteiger charge is 2.28. The summed E-state index contributed by atoms with van der Waals surface area (Å²) < 4.78 is 33.3. The standard InChI is InChI=1S/C19H17F2N3O/c1-12-9-24(10-18(25-12)13-5-3-2-4-6-13)19-14-7-15(20)16(21)8-17(14)22-11-23-19/h2-8,11-12,18H,9-10H2,1H3. The van der Waals surface area contributed by atoms with Gasteiger partial charge in [0.05, 0.1) is 11.6 Å². The van der Waals surface area contributed by atoms with Gasteiger partial charge in [-0.2, -0.15) is 0 Å². The lowest BCUT2D eigenvalue weighted by Crippen LogP contribution is -2.43. The summed E-state index contributed by atoms with van der Waals surface area (Å²) in [7, 11) is 0. The van der Waals surface area contributed by atoms with Crippen molar-refractivity contribution in [1.82, 2.24) is 9.97 Å². The normalized spacial score (nSPS) is 20.8. The number of fused-ring (bicyclic) bond motifs is 1. The molecule has 1 aromatic heterocycles.